The number of hydrogen-bond acceptors (Lipinski definition) is 3. The van der Waals surface area contributed by atoms with Gasteiger partial charge in [0.1, 0.15) is 16.7 Å². The Labute approximate surface area is 154 Å². The fourth-order valence-electron chi connectivity index (χ4n) is 2.05. The van der Waals surface area contributed by atoms with Crippen LogP contribution in [-0.4, -0.2) is 19.5 Å². The normalized spacial score (nSPS) is 13.5. The van der Waals surface area contributed by atoms with Crippen LogP contribution in [0.15, 0.2) is 17.0 Å². The first kappa shape index (κ1) is 20.5. The van der Waals surface area contributed by atoms with E-state index in [1.54, 1.807) is 0 Å². The lowest BCUT2D eigenvalue weighted by molar-refractivity contribution is -0.137. The summed E-state index contributed by atoms with van der Waals surface area (Å²) in [5, 5.41) is 11.4. The molecule has 0 radical (unpaired) electrons. The molecule has 0 aliphatic heterocycles. The third-order valence-electron chi connectivity index (χ3n) is 3.12. The van der Waals surface area contributed by atoms with Gasteiger partial charge in [-0.15, -0.1) is 0 Å². The maximum absolute atomic E-state index is 12.8. The molecule has 0 fully saturated rings. The molecule has 1 atom stereocenters. The Hall–Kier alpha value is -1.77. The highest BCUT2D eigenvalue weighted by Gasteiger charge is 2.42. The Kier molecular flexibility index (Phi) is 5.34. The zero-order chi connectivity index (χ0) is 20.0. The minimum Gasteiger partial charge on any atom is -0.245 e. The minimum absolute atomic E-state index is 0.374. The number of nitriles is 1. The van der Waals surface area contributed by atoms with Gasteiger partial charge in [0, 0.05) is 0 Å². The maximum atomic E-state index is 12.8. The summed E-state index contributed by atoms with van der Waals surface area (Å²) in [5.74, 6) is 0. The van der Waals surface area contributed by atoms with Crippen molar-refractivity contribution in [1.29, 1.82) is 5.26 Å². The second-order valence-corrected chi connectivity index (χ2v) is 7.01. The molecule has 2 aromatic rings. The summed E-state index contributed by atoms with van der Waals surface area (Å²) in [5.41, 5.74) is -7.94. The highest BCUT2D eigenvalue weighted by molar-refractivity contribution is 7.86. The first-order valence-electron chi connectivity index (χ1n) is 6.34. The molecule has 0 saturated heterocycles. The van der Waals surface area contributed by atoms with Crippen molar-refractivity contribution in [3.8, 4) is 11.8 Å². The predicted octanol–water partition coefficient (Wildman–Crippen LogP) is 5.01. The first-order chi connectivity index (χ1) is 11.8. The van der Waals surface area contributed by atoms with Crippen molar-refractivity contribution in [2.75, 3.05) is 0 Å². The Bertz CT molecular complexity index is 922. The van der Waals surface area contributed by atoms with Crippen LogP contribution < -0.4 is 0 Å². The number of aromatic nitrogens is 2. The van der Waals surface area contributed by atoms with Gasteiger partial charge in [0.15, 0.2) is 16.5 Å². The largest absolute Gasteiger partial charge is 0.476 e. The molecule has 1 aromatic carbocycles. The van der Waals surface area contributed by atoms with Gasteiger partial charge in [-0.2, -0.15) is 36.7 Å². The molecule has 1 aromatic heterocycles. The lowest BCUT2D eigenvalue weighted by Crippen LogP contribution is -2.17. The van der Waals surface area contributed by atoms with Crippen LogP contribution in [0.3, 0.4) is 0 Å². The van der Waals surface area contributed by atoms with E-state index in [2.05, 4.69) is 5.10 Å². The van der Waals surface area contributed by atoms with Crippen molar-refractivity contribution in [2.24, 2.45) is 0 Å². The van der Waals surface area contributed by atoms with E-state index in [0.717, 1.165) is 6.92 Å². The van der Waals surface area contributed by atoms with E-state index in [-0.39, 0.29) is 5.69 Å². The number of hydrogen-bond donors (Lipinski definition) is 0. The molecule has 1 unspecified atom stereocenters. The van der Waals surface area contributed by atoms with Gasteiger partial charge in [0.25, 0.3) is 0 Å². The Morgan fingerprint density at radius 1 is 1.15 bits per heavy atom. The van der Waals surface area contributed by atoms with E-state index in [1.165, 1.54) is 6.07 Å². The molecular formula is C13H5Cl2F6N3OS. The topological polar surface area (TPSA) is 58.7 Å². The smallest absolute Gasteiger partial charge is 0.245 e. The van der Waals surface area contributed by atoms with Gasteiger partial charge in [-0.25, -0.2) is 8.89 Å². The Morgan fingerprint density at radius 2 is 1.65 bits per heavy atom. The number of alkyl halides is 6. The van der Waals surface area contributed by atoms with Crippen LogP contribution in [0.4, 0.5) is 26.3 Å². The summed E-state index contributed by atoms with van der Waals surface area (Å²) < 4.78 is 88.9. The average molecular weight is 436 g/mol. The average Bonchev–Trinajstić information content (AvgIpc) is 2.80. The van der Waals surface area contributed by atoms with Gasteiger partial charge in [-0.05, 0) is 19.1 Å². The van der Waals surface area contributed by atoms with Gasteiger partial charge < -0.3 is 0 Å². The van der Waals surface area contributed by atoms with E-state index in [1.807, 2.05) is 0 Å². The zero-order valence-electron chi connectivity index (χ0n) is 12.3. The van der Waals surface area contributed by atoms with E-state index in [0.29, 0.717) is 16.8 Å². The molecule has 0 N–H and O–H groups in total. The molecule has 140 valence electrons. The summed E-state index contributed by atoms with van der Waals surface area (Å²) in [7, 11) is -3.58. The van der Waals surface area contributed by atoms with Gasteiger partial charge in [0.05, 0.1) is 21.3 Å². The van der Waals surface area contributed by atoms with Crippen molar-refractivity contribution in [3.05, 3.63) is 39.1 Å². The van der Waals surface area contributed by atoms with Crippen molar-refractivity contribution in [3.63, 3.8) is 0 Å². The predicted molar refractivity (Wildman–Crippen MR) is 80.5 cm³/mol. The van der Waals surface area contributed by atoms with E-state index >= 15 is 0 Å². The molecule has 0 bridgehead atoms. The van der Waals surface area contributed by atoms with E-state index in [9.17, 15) is 30.6 Å². The van der Waals surface area contributed by atoms with Gasteiger partial charge in [-0.3, -0.25) is 0 Å². The van der Waals surface area contributed by atoms with E-state index < -0.39 is 54.4 Å². The third kappa shape index (κ3) is 3.67. The molecule has 26 heavy (non-hydrogen) atoms. The fourth-order valence-corrected chi connectivity index (χ4v) is 3.54. The second-order valence-electron chi connectivity index (χ2n) is 4.79. The number of rotatable bonds is 2. The maximum Gasteiger partial charge on any atom is 0.476 e. The summed E-state index contributed by atoms with van der Waals surface area (Å²) in [4.78, 5) is -0.924. The second kappa shape index (κ2) is 6.75. The number of halogens is 8. The van der Waals surface area contributed by atoms with Crippen LogP contribution in [0.1, 0.15) is 17.0 Å². The third-order valence-corrected chi connectivity index (χ3v) is 4.98. The van der Waals surface area contributed by atoms with Crippen LogP contribution in [0.2, 0.25) is 10.0 Å². The molecule has 0 aliphatic carbocycles. The van der Waals surface area contributed by atoms with Crippen LogP contribution in [-0.2, 0) is 17.0 Å². The molecule has 0 amide bonds. The van der Waals surface area contributed by atoms with Crippen molar-refractivity contribution in [1.82, 2.24) is 9.78 Å². The van der Waals surface area contributed by atoms with Crippen LogP contribution in [0, 0.1) is 18.3 Å². The molecule has 13 heteroatoms. The standard InChI is InChI=1S/C13H5Cl2F6N3OS/c1-5-11(26(25)13(19,20)21)9(4-22)23-24(5)10-7(14)2-6(3-8(10)15)12(16,17)18/h2-3H,1H3. The first-order valence-corrected chi connectivity index (χ1v) is 8.24. The Morgan fingerprint density at radius 3 is 2.04 bits per heavy atom. The van der Waals surface area contributed by atoms with Gasteiger partial charge >= 0.3 is 11.7 Å². The molecule has 0 spiro atoms. The quantitative estimate of drug-likeness (QED) is 0.623. The fraction of sp³-hybridized carbons (Fsp3) is 0.231. The highest BCUT2D eigenvalue weighted by Crippen LogP contribution is 2.39. The minimum atomic E-state index is -5.17. The molecule has 4 nitrogen and oxygen atoms in total. The number of benzene rings is 1. The monoisotopic (exact) mass is 435 g/mol. The molecular weight excluding hydrogens is 431 g/mol. The van der Waals surface area contributed by atoms with Gasteiger partial charge in [-0.1, -0.05) is 23.2 Å². The lowest BCUT2D eigenvalue weighted by atomic mass is 10.2. The summed E-state index contributed by atoms with van der Waals surface area (Å²) >= 11 is 11.6. The highest BCUT2D eigenvalue weighted by atomic mass is 35.5. The van der Waals surface area contributed by atoms with Crippen LogP contribution in [0.25, 0.3) is 5.69 Å². The molecule has 0 aliphatic rings. The molecule has 2 rings (SSSR count). The molecule has 0 saturated carbocycles. The van der Waals surface area contributed by atoms with Crippen LogP contribution >= 0.6 is 23.2 Å². The summed E-state index contributed by atoms with van der Waals surface area (Å²) in [6.07, 6.45) is -4.76. The van der Waals surface area contributed by atoms with Gasteiger partial charge in [0.2, 0.25) is 0 Å². The van der Waals surface area contributed by atoms with Crippen molar-refractivity contribution >= 4 is 34.0 Å². The lowest BCUT2D eigenvalue weighted by Gasteiger charge is -2.13. The zero-order valence-corrected chi connectivity index (χ0v) is 14.7. The number of nitrogens with zero attached hydrogens (tertiary/aromatic N) is 3. The summed E-state index contributed by atoms with van der Waals surface area (Å²) in [6, 6.07) is 2.38. The van der Waals surface area contributed by atoms with E-state index in [4.69, 9.17) is 28.5 Å². The summed E-state index contributed by atoms with van der Waals surface area (Å²) in [6.45, 7) is 1.05. The van der Waals surface area contributed by atoms with Crippen molar-refractivity contribution in [2.45, 2.75) is 23.5 Å². The van der Waals surface area contributed by atoms with Crippen LogP contribution in [0.5, 0.6) is 0 Å². The van der Waals surface area contributed by atoms with Crippen molar-refractivity contribution < 1.29 is 30.6 Å². The Balaban J connectivity index is 2.75. The SMILES string of the molecule is Cc1c(S(=O)C(F)(F)F)c(C#N)nn1-c1c(Cl)cc(C(F)(F)F)cc1Cl. The molecule has 1 heterocycles.